The lowest BCUT2D eigenvalue weighted by atomic mass is 10.3. The van der Waals surface area contributed by atoms with Gasteiger partial charge >= 0.3 is 0 Å². The number of aromatic hydroxyl groups is 1. The number of rotatable bonds is 2. The molecule has 1 unspecified atom stereocenters. The first-order valence-electron chi connectivity index (χ1n) is 4.42. The normalized spacial score (nSPS) is 21.7. The van der Waals surface area contributed by atoms with E-state index in [4.69, 9.17) is 9.84 Å². The van der Waals surface area contributed by atoms with Crippen LogP contribution in [0, 0.1) is 0 Å². The summed E-state index contributed by atoms with van der Waals surface area (Å²) >= 11 is 1.86. The van der Waals surface area contributed by atoms with Crippen LogP contribution < -0.4 is 4.74 Å². The predicted molar refractivity (Wildman–Crippen MR) is 54.2 cm³/mol. The fourth-order valence-electron chi connectivity index (χ4n) is 1.32. The van der Waals surface area contributed by atoms with Gasteiger partial charge in [0.1, 0.15) is 16.9 Å². The minimum absolute atomic E-state index is 0.284. The van der Waals surface area contributed by atoms with Crippen molar-refractivity contribution in [1.82, 2.24) is 0 Å². The van der Waals surface area contributed by atoms with Crippen LogP contribution in [0.3, 0.4) is 0 Å². The lowest BCUT2D eigenvalue weighted by Gasteiger charge is -2.11. The number of ether oxygens (including phenoxy) is 1. The lowest BCUT2D eigenvalue weighted by Crippen LogP contribution is -2.06. The highest BCUT2D eigenvalue weighted by Gasteiger charge is 2.16. The third-order valence-corrected chi connectivity index (χ3v) is 3.22. The molecule has 0 spiro atoms. The summed E-state index contributed by atoms with van der Waals surface area (Å²) in [5, 5.41) is 9.06. The summed E-state index contributed by atoms with van der Waals surface area (Å²) in [5.41, 5.74) is 0.310. The van der Waals surface area contributed by atoms with Crippen molar-refractivity contribution in [1.29, 1.82) is 0 Å². The van der Waals surface area contributed by atoms with Gasteiger partial charge in [-0.05, 0) is 42.9 Å². The molecule has 1 aliphatic rings. The maximum atomic E-state index is 9.06. The fourth-order valence-corrected chi connectivity index (χ4v) is 2.43. The number of hydrogen-bond donors (Lipinski definition) is 1. The Kier molecular flexibility index (Phi) is 2.64. The van der Waals surface area contributed by atoms with E-state index >= 15 is 0 Å². The Balaban J connectivity index is 1.97. The van der Waals surface area contributed by atoms with Crippen molar-refractivity contribution in [2.24, 2.45) is 0 Å². The van der Waals surface area contributed by atoms with Crippen molar-refractivity contribution >= 4 is 11.8 Å². The molecule has 0 aliphatic carbocycles. The molecule has 0 aromatic heterocycles. The molecule has 0 radical (unpaired) electrons. The Labute approximate surface area is 81.9 Å². The van der Waals surface area contributed by atoms with Crippen LogP contribution >= 0.6 is 11.8 Å². The number of hydrogen-bond acceptors (Lipinski definition) is 3. The molecule has 70 valence electrons. The summed E-state index contributed by atoms with van der Waals surface area (Å²) in [5.74, 6) is 2.33. The van der Waals surface area contributed by atoms with E-state index in [9.17, 15) is 0 Å². The lowest BCUT2D eigenvalue weighted by molar-refractivity contribution is 0.284. The average molecular weight is 196 g/mol. The predicted octanol–water partition coefficient (Wildman–Crippen LogP) is 2.62. The summed E-state index contributed by atoms with van der Waals surface area (Å²) in [6.07, 6.45) is 2.37. The fraction of sp³-hybridized carbons (Fsp3) is 0.400. The molecule has 1 atom stereocenters. The zero-order chi connectivity index (χ0) is 9.10. The van der Waals surface area contributed by atoms with E-state index in [0.717, 1.165) is 12.2 Å². The van der Waals surface area contributed by atoms with Crippen molar-refractivity contribution < 1.29 is 9.84 Å². The molecule has 0 amide bonds. The van der Waals surface area contributed by atoms with E-state index in [1.807, 2.05) is 11.8 Å². The Hall–Kier alpha value is -0.830. The van der Waals surface area contributed by atoms with Crippen LogP contribution in [-0.4, -0.2) is 16.3 Å². The van der Waals surface area contributed by atoms with Crippen LogP contribution in [-0.2, 0) is 0 Å². The highest BCUT2D eigenvalue weighted by Crippen LogP contribution is 2.29. The molecular weight excluding hydrogens is 184 g/mol. The summed E-state index contributed by atoms with van der Waals surface area (Å²) in [4.78, 5) is 0. The van der Waals surface area contributed by atoms with Crippen LogP contribution in [0.2, 0.25) is 0 Å². The Morgan fingerprint density at radius 1 is 1.31 bits per heavy atom. The number of phenolic OH excluding ortho intramolecular Hbond substituents is 1. The van der Waals surface area contributed by atoms with Crippen LogP contribution in [0.15, 0.2) is 24.3 Å². The van der Waals surface area contributed by atoms with E-state index in [0.29, 0.717) is 5.44 Å². The van der Waals surface area contributed by atoms with Crippen molar-refractivity contribution in [2.45, 2.75) is 18.3 Å². The number of benzene rings is 1. The first-order valence-corrected chi connectivity index (χ1v) is 5.47. The topological polar surface area (TPSA) is 29.5 Å². The Morgan fingerprint density at radius 3 is 2.69 bits per heavy atom. The number of phenols is 1. The summed E-state index contributed by atoms with van der Waals surface area (Å²) < 4.78 is 5.68. The van der Waals surface area contributed by atoms with Crippen molar-refractivity contribution in [3.63, 3.8) is 0 Å². The molecule has 1 saturated heterocycles. The minimum atomic E-state index is 0.284. The Morgan fingerprint density at radius 2 is 2.08 bits per heavy atom. The van der Waals surface area contributed by atoms with E-state index < -0.39 is 0 Å². The molecular formula is C10H12O2S. The van der Waals surface area contributed by atoms with Crippen molar-refractivity contribution in [3.8, 4) is 11.5 Å². The third kappa shape index (κ3) is 2.31. The summed E-state index contributed by atoms with van der Waals surface area (Å²) in [7, 11) is 0. The Bertz CT molecular complexity index is 265. The molecule has 1 aromatic rings. The van der Waals surface area contributed by atoms with Gasteiger partial charge in [-0.3, -0.25) is 0 Å². The van der Waals surface area contributed by atoms with Gasteiger partial charge in [0.25, 0.3) is 0 Å². The molecule has 2 rings (SSSR count). The van der Waals surface area contributed by atoms with E-state index in [2.05, 4.69) is 0 Å². The largest absolute Gasteiger partial charge is 0.508 e. The molecule has 1 N–H and O–H groups in total. The molecule has 0 bridgehead atoms. The standard InChI is InChI=1S/C10H12O2S/c11-8-3-5-9(6-4-8)12-10-2-1-7-13-10/h3-6,10-11H,1-2,7H2. The molecule has 0 saturated carbocycles. The number of thioether (sulfide) groups is 1. The van der Waals surface area contributed by atoms with Gasteiger partial charge in [0, 0.05) is 0 Å². The zero-order valence-electron chi connectivity index (χ0n) is 7.27. The first kappa shape index (κ1) is 8.75. The molecule has 1 fully saturated rings. The quantitative estimate of drug-likeness (QED) is 0.788. The maximum Gasteiger partial charge on any atom is 0.144 e. The highest BCUT2D eigenvalue weighted by atomic mass is 32.2. The molecule has 13 heavy (non-hydrogen) atoms. The molecule has 3 heteroatoms. The SMILES string of the molecule is Oc1ccc(OC2CCCS2)cc1. The van der Waals surface area contributed by atoms with Gasteiger partial charge < -0.3 is 9.84 Å². The highest BCUT2D eigenvalue weighted by molar-refractivity contribution is 8.00. The van der Waals surface area contributed by atoms with Gasteiger partial charge in [-0.15, -0.1) is 11.8 Å². The summed E-state index contributed by atoms with van der Waals surface area (Å²) in [6, 6.07) is 6.90. The van der Waals surface area contributed by atoms with Gasteiger partial charge in [0.05, 0.1) is 0 Å². The third-order valence-electron chi connectivity index (χ3n) is 1.99. The monoisotopic (exact) mass is 196 g/mol. The van der Waals surface area contributed by atoms with Gasteiger partial charge in [-0.2, -0.15) is 0 Å². The molecule has 1 aliphatic heterocycles. The van der Waals surface area contributed by atoms with Gasteiger partial charge in [-0.25, -0.2) is 0 Å². The first-order chi connectivity index (χ1) is 6.34. The van der Waals surface area contributed by atoms with Crippen LogP contribution in [0.4, 0.5) is 0 Å². The maximum absolute atomic E-state index is 9.06. The van der Waals surface area contributed by atoms with Crippen molar-refractivity contribution in [3.05, 3.63) is 24.3 Å². The molecule has 1 aromatic carbocycles. The van der Waals surface area contributed by atoms with E-state index in [1.165, 1.54) is 12.2 Å². The average Bonchev–Trinajstić information content (AvgIpc) is 2.62. The smallest absolute Gasteiger partial charge is 0.144 e. The second-order valence-electron chi connectivity index (χ2n) is 3.05. The van der Waals surface area contributed by atoms with Gasteiger partial charge in [0.2, 0.25) is 0 Å². The molecule has 2 nitrogen and oxygen atoms in total. The van der Waals surface area contributed by atoms with Gasteiger partial charge in [-0.1, -0.05) is 0 Å². The van der Waals surface area contributed by atoms with E-state index in [-0.39, 0.29) is 5.75 Å². The van der Waals surface area contributed by atoms with Crippen molar-refractivity contribution in [2.75, 3.05) is 5.75 Å². The second-order valence-corrected chi connectivity index (χ2v) is 4.32. The van der Waals surface area contributed by atoms with Crippen LogP contribution in [0.5, 0.6) is 11.5 Å². The van der Waals surface area contributed by atoms with Crippen LogP contribution in [0.25, 0.3) is 0 Å². The van der Waals surface area contributed by atoms with Crippen LogP contribution in [0.1, 0.15) is 12.8 Å². The summed E-state index contributed by atoms with van der Waals surface area (Å²) in [6.45, 7) is 0. The molecule has 1 heterocycles. The zero-order valence-corrected chi connectivity index (χ0v) is 8.09. The minimum Gasteiger partial charge on any atom is -0.508 e. The second kappa shape index (κ2) is 3.92. The van der Waals surface area contributed by atoms with E-state index in [1.54, 1.807) is 24.3 Å². The van der Waals surface area contributed by atoms with Gasteiger partial charge in [0.15, 0.2) is 0 Å².